The molecule has 2 aromatic rings. The van der Waals surface area contributed by atoms with Crippen LogP contribution in [0.15, 0.2) is 36.5 Å². The minimum absolute atomic E-state index is 0.157. The number of nitrogens with zero attached hydrogens (tertiary/aromatic N) is 2. The highest BCUT2D eigenvalue weighted by atomic mass is 16.2. The number of rotatable bonds is 6. The number of carbonyl (C=O) groups is 2. The second kappa shape index (κ2) is 7.94. The third-order valence-corrected chi connectivity index (χ3v) is 4.48. The van der Waals surface area contributed by atoms with Gasteiger partial charge in [-0.3, -0.25) is 14.7 Å². The van der Waals surface area contributed by atoms with Crippen molar-refractivity contribution in [1.82, 2.24) is 15.2 Å². The molecule has 2 heterocycles. The number of hydrogen-bond acceptors (Lipinski definition) is 4. The summed E-state index contributed by atoms with van der Waals surface area (Å²) in [5.74, 6) is -0.258. The predicted octanol–water partition coefficient (Wildman–Crippen LogP) is 1.70. The number of likely N-dealkylation sites (tertiary alicyclic amines) is 1. The fourth-order valence-electron chi connectivity index (χ4n) is 3.27. The third kappa shape index (κ3) is 4.24. The van der Waals surface area contributed by atoms with Gasteiger partial charge >= 0.3 is 6.03 Å². The summed E-state index contributed by atoms with van der Waals surface area (Å²) in [6.45, 7) is 2.18. The van der Waals surface area contributed by atoms with Crippen LogP contribution in [0.3, 0.4) is 0 Å². The summed E-state index contributed by atoms with van der Waals surface area (Å²) in [5.41, 5.74) is 6.86. The number of para-hydroxylation sites is 1. The van der Waals surface area contributed by atoms with Crippen LogP contribution >= 0.6 is 0 Å². The quantitative estimate of drug-likeness (QED) is 0.696. The van der Waals surface area contributed by atoms with Crippen LogP contribution < -0.4 is 16.4 Å². The molecule has 1 unspecified atom stereocenters. The van der Waals surface area contributed by atoms with E-state index in [9.17, 15) is 9.59 Å². The average molecular weight is 341 g/mol. The van der Waals surface area contributed by atoms with Gasteiger partial charge in [0, 0.05) is 24.7 Å². The molecule has 4 N–H and O–H groups in total. The lowest BCUT2D eigenvalue weighted by atomic mass is 10.2. The molecule has 3 amide bonds. The number of nitrogens with one attached hydrogen (secondary N) is 2. The van der Waals surface area contributed by atoms with Gasteiger partial charge in [-0.1, -0.05) is 18.2 Å². The van der Waals surface area contributed by atoms with Crippen LogP contribution in [-0.4, -0.2) is 47.5 Å². The van der Waals surface area contributed by atoms with Gasteiger partial charge in [0.1, 0.15) is 0 Å². The Morgan fingerprint density at radius 2 is 2.12 bits per heavy atom. The van der Waals surface area contributed by atoms with Crippen molar-refractivity contribution in [2.24, 2.45) is 5.73 Å². The fraction of sp³-hybridized carbons (Fsp3) is 0.389. The van der Waals surface area contributed by atoms with E-state index in [0.717, 1.165) is 43.3 Å². The summed E-state index contributed by atoms with van der Waals surface area (Å²) in [7, 11) is 0. The smallest absolute Gasteiger partial charge is 0.319 e. The molecule has 3 rings (SSSR count). The number of primary amides is 1. The first-order valence-corrected chi connectivity index (χ1v) is 8.57. The van der Waals surface area contributed by atoms with Crippen molar-refractivity contribution in [3.8, 4) is 0 Å². The zero-order valence-corrected chi connectivity index (χ0v) is 14.1. The number of carbonyl (C=O) groups excluding carboxylic acids is 2. The lowest BCUT2D eigenvalue weighted by Gasteiger charge is -2.21. The molecule has 7 heteroatoms. The van der Waals surface area contributed by atoms with Gasteiger partial charge in [0.15, 0.2) is 0 Å². The molecule has 0 spiro atoms. The van der Waals surface area contributed by atoms with E-state index < -0.39 is 0 Å². The number of nitrogens with two attached hydrogens (primary N) is 1. The third-order valence-electron chi connectivity index (χ3n) is 4.48. The normalized spacial score (nSPS) is 17.5. The summed E-state index contributed by atoms with van der Waals surface area (Å²) >= 11 is 0. The number of amides is 3. The largest absolute Gasteiger partial charge is 0.368 e. The minimum Gasteiger partial charge on any atom is -0.368 e. The Morgan fingerprint density at radius 3 is 2.96 bits per heavy atom. The zero-order valence-electron chi connectivity index (χ0n) is 14.1. The van der Waals surface area contributed by atoms with E-state index in [1.165, 1.54) is 0 Å². The molecular formula is C18H23N5O2. The van der Waals surface area contributed by atoms with Crippen LogP contribution in [0, 0.1) is 0 Å². The maximum Gasteiger partial charge on any atom is 0.319 e. The van der Waals surface area contributed by atoms with Crippen molar-refractivity contribution in [1.29, 1.82) is 0 Å². The monoisotopic (exact) mass is 341 g/mol. The van der Waals surface area contributed by atoms with E-state index in [0.29, 0.717) is 12.2 Å². The van der Waals surface area contributed by atoms with E-state index in [4.69, 9.17) is 5.73 Å². The summed E-state index contributed by atoms with van der Waals surface area (Å²) in [5, 5.41) is 6.66. The molecule has 0 bridgehead atoms. The molecule has 7 nitrogen and oxygen atoms in total. The van der Waals surface area contributed by atoms with Crippen molar-refractivity contribution in [2.75, 3.05) is 25.0 Å². The molecule has 1 atom stereocenters. The summed E-state index contributed by atoms with van der Waals surface area (Å²) in [6.07, 6.45) is 4.30. The molecule has 0 radical (unpaired) electrons. The summed E-state index contributed by atoms with van der Waals surface area (Å²) in [6, 6.07) is 9.08. The van der Waals surface area contributed by atoms with Crippen LogP contribution in [0.1, 0.15) is 19.3 Å². The molecule has 132 valence electrons. The molecule has 1 saturated heterocycles. The first-order valence-electron chi connectivity index (χ1n) is 8.57. The average Bonchev–Trinajstić information content (AvgIpc) is 3.08. The van der Waals surface area contributed by atoms with Crippen LogP contribution in [0.4, 0.5) is 10.5 Å². The van der Waals surface area contributed by atoms with Gasteiger partial charge in [0.25, 0.3) is 0 Å². The van der Waals surface area contributed by atoms with Crippen molar-refractivity contribution in [3.05, 3.63) is 36.5 Å². The first kappa shape index (κ1) is 17.2. The van der Waals surface area contributed by atoms with E-state index >= 15 is 0 Å². The van der Waals surface area contributed by atoms with E-state index in [1.54, 1.807) is 6.20 Å². The van der Waals surface area contributed by atoms with Gasteiger partial charge < -0.3 is 16.4 Å². The SMILES string of the molecule is NC(=O)C1CCCN1CCCNC(=O)Nc1cccc2cccnc12. The van der Waals surface area contributed by atoms with Crippen molar-refractivity contribution in [2.45, 2.75) is 25.3 Å². The highest BCUT2D eigenvalue weighted by molar-refractivity contribution is 5.99. The molecule has 0 saturated carbocycles. The highest BCUT2D eigenvalue weighted by Crippen LogP contribution is 2.20. The maximum atomic E-state index is 12.1. The second-order valence-corrected chi connectivity index (χ2v) is 6.21. The van der Waals surface area contributed by atoms with Crippen molar-refractivity contribution < 1.29 is 9.59 Å². The molecule has 1 aliphatic heterocycles. The molecule has 1 fully saturated rings. The van der Waals surface area contributed by atoms with E-state index in [1.807, 2.05) is 30.3 Å². The van der Waals surface area contributed by atoms with Crippen molar-refractivity contribution >= 4 is 28.5 Å². The van der Waals surface area contributed by atoms with Gasteiger partial charge in [-0.05, 0) is 37.9 Å². The van der Waals surface area contributed by atoms with Gasteiger partial charge in [0.05, 0.1) is 17.2 Å². The Morgan fingerprint density at radius 1 is 1.28 bits per heavy atom. The Balaban J connectivity index is 1.46. The fourth-order valence-corrected chi connectivity index (χ4v) is 3.27. The van der Waals surface area contributed by atoms with Gasteiger partial charge in [0.2, 0.25) is 5.91 Å². The number of urea groups is 1. The van der Waals surface area contributed by atoms with E-state index in [2.05, 4.69) is 20.5 Å². The van der Waals surface area contributed by atoms with Crippen LogP contribution in [-0.2, 0) is 4.79 Å². The molecule has 1 aromatic carbocycles. The topological polar surface area (TPSA) is 100 Å². The molecule has 25 heavy (non-hydrogen) atoms. The van der Waals surface area contributed by atoms with Crippen LogP contribution in [0.25, 0.3) is 10.9 Å². The first-order chi connectivity index (χ1) is 12.1. The number of pyridine rings is 1. The molecule has 0 aliphatic carbocycles. The summed E-state index contributed by atoms with van der Waals surface area (Å²) in [4.78, 5) is 29.9. The van der Waals surface area contributed by atoms with Crippen LogP contribution in [0.2, 0.25) is 0 Å². The Labute approximate surface area is 146 Å². The zero-order chi connectivity index (χ0) is 17.6. The lowest BCUT2D eigenvalue weighted by molar-refractivity contribution is -0.122. The highest BCUT2D eigenvalue weighted by Gasteiger charge is 2.28. The second-order valence-electron chi connectivity index (χ2n) is 6.21. The minimum atomic E-state index is -0.258. The Hall–Kier alpha value is -2.67. The van der Waals surface area contributed by atoms with Gasteiger partial charge in [-0.25, -0.2) is 4.79 Å². The number of anilines is 1. The number of aromatic nitrogens is 1. The molecule has 1 aromatic heterocycles. The van der Waals surface area contributed by atoms with Crippen molar-refractivity contribution in [3.63, 3.8) is 0 Å². The standard InChI is InChI=1S/C18H23N5O2/c19-17(24)15-8-3-11-23(15)12-4-10-21-18(25)22-14-7-1-5-13-6-2-9-20-16(13)14/h1-2,5-7,9,15H,3-4,8,10-12H2,(H2,19,24)(H2,21,22,25). The molecular weight excluding hydrogens is 318 g/mol. The molecule has 1 aliphatic rings. The van der Waals surface area contributed by atoms with E-state index in [-0.39, 0.29) is 18.0 Å². The Bertz CT molecular complexity index is 759. The Kier molecular flexibility index (Phi) is 5.45. The summed E-state index contributed by atoms with van der Waals surface area (Å²) < 4.78 is 0. The number of fused-ring (bicyclic) bond motifs is 1. The maximum absolute atomic E-state index is 12.1. The number of hydrogen-bond donors (Lipinski definition) is 3. The van der Waals surface area contributed by atoms with Gasteiger partial charge in [-0.2, -0.15) is 0 Å². The van der Waals surface area contributed by atoms with Crippen LogP contribution in [0.5, 0.6) is 0 Å². The lowest BCUT2D eigenvalue weighted by Crippen LogP contribution is -2.41. The van der Waals surface area contributed by atoms with Gasteiger partial charge in [-0.15, -0.1) is 0 Å². The predicted molar refractivity (Wildman–Crippen MR) is 97.2 cm³/mol. The number of benzene rings is 1.